The van der Waals surface area contributed by atoms with Gasteiger partial charge in [-0.3, -0.25) is 0 Å². The van der Waals surface area contributed by atoms with Gasteiger partial charge in [0.25, 0.3) is 0 Å². The number of rotatable bonds is 0. The van der Waals surface area contributed by atoms with Crippen LogP contribution in [0.1, 0.15) is 5.56 Å². The van der Waals surface area contributed by atoms with Crippen molar-refractivity contribution in [2.45, 2.75) is 17.8 Å². The van der Waals surface area contributed by atoms with Crippen LogP contribution in [0.4, 0.5) is 13.2 Å². The summed E-state index contributed by atoms with van der Waals surface area (Å²) in [6.07, 6.45) is -3.21. The first-order chi connectivity index (χ1) is 10.3. The first kappa shape index (κ1) is 13.5. The maximum Gasteiger partial charge on any atom is 0.412 e. The summed E-state index contributed by atoms with van der Waals surface area (Å²) >= 11 is 0. The molecule has 3 aromatic carbocycles. The summed E-state index contributed by atoms with van der Waals surface area (Å²) in [6.45, 7) is 0. The Morgan fingerprint density at radius 1 is 0.909 bits per heavy atom. The molecule has 112 valence electrons. The van der Waals surface area contributed by atoms with Crippen LogP contribution in [-0.4, -0.2) is 12.2 Å². The van der Waals surface area contributed by atoms with Gasteiger partial charge in [-0.1, -0.05) is 48.5 Å². The number of alkyl halides is 3. The molecule has 2 nitrogen and oxygen atoms in total. The van der Waals surface area contributed by atoms with Crippen molar-refractivity contribution >= 4 is 27.6 Å². The van der Waals surface area contributed by atoms with E-state index in [9.17, 15) is 13.2 Å². The van der Waals surface area contributed by atoms with E-state index in [0.29, 0.717) is 10.6 Å². The lowest BCUT2D eigenvalue weighted by Crippen LogP contribution is -2.63. The largest absolute Gasteiger partial charge is 0.412 e. The SMILES string of the molecule is NC1C=c2ccc3cccc4ccc(c2c43)C1(N)C(F)(F)F. The smallest absolute Gasteiger partial charge is 0.322 e. The van der Waals surface area contributed by atoms with E-state index in [1.165, 1.54) is 12.1 Å². The van der Waals surface area contributed by atoms with Crippen molar-refractivity contribution in [3.05, 3.63) is 53.2 Å². The van der Waals surface area contributed by atoms with Crippen LogP contribution < -0.4 is 16.7 Å². The molecule has 0 amide bonds. The molecule has 4 rings (SSSR count). The van der Waals surface area contributed by atoms with Crippen molar-refractivity contribution < 1.29 is 13.2 Å². The third-order valence-electron chi connectivity index (χ3n) is 4.61. The molecule has 1 aliphatic carbocycles. The van der Waals surface area contributed by atoms with Crippen molar-refractivity contribution in [3.8, 4) is 0 Å². The van der Waals surface area contributed by atoms with E-state index in [-0.39, 0.29) is 5.56 Å². The minimum atomic E-state index is -4.63. The van der Waals surface area contributed by atoms with Crippen molar-refractivity contribution in [3.63, 3.8) is 0 Å². The summed E-state index contributed by atoms with van der Waals surface area (Å²) < 4.78 is 40.9. The highest BCUT2D eigenvalue weighted by atomic mass is 19.4. The zero-order valence-electron chi connectivity index (χ0n) is 11.5. The molecule has 1 aliphatic rings. The second-order valence-electron chi connectivity index (χ2n) is 5.78. The van der Waals surface area contributed by atoms with Gasteiger partial charge in [0, 0.05) is 0 Å². The lowest BCUT2D eigenvalue weighted by Gasteiger charge is -2.39. The fraction of sp³-hybridized carbons (Fsp3) is 0.176. The van der Waals surface area contributed by atoms with E-state index in [0.717, 1.165) is 16.2 Å². The van der Waals surface area contributed by atoms with Gasteiger partial charge in [0.05, 0.1) is 6.04 Å². The quantitative estimate of drug-likeness (QED) is 0.670. The van der Waals surface area contributed by atoms with Gasteiger partial charge in [-0.05, 0) is 32.3 Å². The average Bonchev–Trinajstić information content (AvgIpc) is 2.47. The maximum absolute atomic E-state index is 13.6. The molecule has 0 fully saturated rings. The van der Waals surface area contributed by atoms with Crippen molar-refractivity contribution in [1.82, 2.24) is 0 Å². The molecule has 0 bridgehead atoms. The Morgan fingerprint density at radius 2 is 1.55 bits per heavy atom. The van der Waals surface area contributed by atoms with Crippen molar-refractivity contribution in [2.75, 3.05) is 0 Å². The zero-order chi connectivity index (χ0) is 15.7. The van der Waals surface area contributed by atoms with Crippen LogP contribution in [0.15, 0.2) is 42.5 Å². The summed E-state index contributed by atoms with van der Waals surface area (Å²) in [7, 11) is 0. The summed E-state index contributed by atoms with van der Waals surface area (Å²) in [4.78, 5) is 0. The molecule has 0 aromatic heterocycles. The minimum Gasteiger partial charge on any atom is -0.322 e. The molecule has 2 unspecified atom stereocenters. The molecular weight excluding hydrogens is 289 g/mol. The standard InChI is InChI=1S/C17H13F3N2/c18-17(19,20)16(22)12-7-6-10-3-1-2-9-4-5-11(8-13(16)21)15(12)14(9)10/h1-8,13H,21-22H2. The normalized spacial score (nSPS) is 24.7. The van der Waals surface area contributed by atoms with E-state index in [4.69, 9.17) is 11.5 Å². The maximum atomic E-state index is 13.6. The Hall–Kier alpha value is -2.11. The number of hydrogen-bond donors (Lipinski definition) is 2. The van der Waals surface area contributed by atoms with Crippen LogP contribution in [0.2, 0.25) is 0 Å². The van der Waals surface area contributed by atoms with E-state index in [1.54, 1.807) is 12.1 Å². The predicted molar refractivity (Wildman–Crippen MR) is 81.0 cm³/mol. The lowest BCUT2D eigenvalue weighted by molar-refractivity contribution is -0.191. The molecule has 0 saturated heterocycles. The monoisotopic (exact) mass is 302 g/mol. The van der Waals surface area contributed by atoms with Gasteiger partial charge in [-0.15, -0.1) is 0 Å². The fourth-order valence-corrected chi connectivity index (χ4v) is 3.44. The van der Waals surface area contributed by atoms with Crippen molar-refractivity contribution in [2.24, 2.45) is 11.5 Å². The molecule has 2 atom stereocenters. The molecule has 0 spiro atoms. The summed E-state index contributed by atoms with van der Waals surface area (Å²) in [5, 5.41) is 3.85. The first-order valence-corrected chi connectivity index (χ1v) is 6.92. The third kappa shape index (κ3) is 1.47. The Bertz CT molecular complexity index is 946. The molecule has 0 saturated carbocycles. The fourth-order valence-electron chi connectivity index (χ4n) is 3.44. The molecule has 0 heterocycles. The second-order valence-corrected chi connectivity index (χ2v) is 5.78. The Morgan fingerprint density at radius 3 is 2.18 bits per heavy atom. The van der Waals surface area contributed by atoms with Gasteiger partial charge in [-0.25, -0.2) is 0 Å². The number of halogens is 3. The minimum absolute atomic E-state index is 0.0503. The van der Waals surface area contributed by atoms with Crippen molar-refractivity contribution in [1.29, 1.82) is 0 Å². The van der Waals surface area contributed by atoms with E-state index in [1.807, 2.05) is 24.3 Å². The van der Waals surface area contributed by atoms with Crippen LogP contribution >= 0.6 is 0 Å². The highest BCUT2D eigenvalue weighted by molar-refractivity contribution is 6.12. The van der Waals surface area contributed by atoms with Gasteiger partial charge >= 0.3 is 6.18 Å². The van der Waals surface area contributed by atoms with Crippen LogP contribution in [0.3, 0.4) is 0 Å². The molecule has 0 aliphatic heterocycles. The van der Waals surface area contributed by atoms with Crippen LogP contribution in [0.5, 0.6) is 0 Å². The second kappa shape index (κ2) is 4.00. The van der Waals surface area contributed by atoms with E-state index >= 15 is 0 Å². The van der Waals surface area contributed by atoms with Gasteiger partial charge < -0.3 is 11.5 Å². The molecule has 3 aromatic rings. The average molecular weight is 302 g/mol. The summed E-state index contributed by atoms with van der Waals surface area (Å²) in [5.41, 5.74) is 9.07. The van der Waals surface area contributed by atoms with Gasteiger partial charge in [0.2, 0.25) is 0 Å². The first-order valence-electron chi connectivity index (χ1n) is 6.92. The molecule has 5 heteroatoms. The molecule has 4 N–H and O–H groups in total. The number of hydrogen-bond acceptors (Lipinski definition) is 2. The summed E-state index contributed by atoms with van der Waals surface area (Å²) in [5.74, 6) is 0. The van der Waals surface area contributed by atoms with Gasteiger partial charge in [-0.2, -0.15) is 13.2 Å². The number of nitrogens with two attached hydrogens (primary N) is 2. The zero-order valence-corrected chi connectivity index (χ0v) is 11.5. The third-order valence-corrected chi connectivity index (χ3v) is 4.61. The van der Waals surface area contributed by atoms with Crippen LogP contribution in [0, 0.1) is 0 Å². The number of benzene rings is 3. The van der Waals surface area contributed by atoms with E-state index < -0.39 is 17.8 Å². The summed E-state index contributed by atoms with van der Waals surface area (Å²) in [6, 6.07) is 11.2. The van der Waals surface area contributed by atoms with E-state index in [2.05, 4.69) is 0 Å². The highest BCUT2D eigenvalue weighted by Gasteiger charge is 2.58. The van der Waals surface area contributed by atoms with Gasteiger partial charge in [0.1, 0.15) is 0 Å². The topological polar surface area (TPSA) is 52.0 Å². The Labute approximate surface area is 124 Å². The molecule has 22 heavy (non-hydrogen) atoms. The lowest BCUT2D eigenvalue weighted by atomic mass is 9.75. The highest BCUT2D eigenvalue weighted by Crippen LogP contribution is 2.44. The van der Waals surface area contributed by atoms with Crippen LogP contribution in [-0.2, 0) is 5.54 Å². The Kier molecular flexibility index (Phi) is 2.46. The van der Waals surface area contributed by atoms with Gasteiger partial charge in [0.15, 0.2) is 5.54 Å². The van der Waals surface area contributed by atoms with Crippen LogP contribution in [0.25, 0.3) is 27.6 Å². The molecular formula is C17H13F3N2. The predicted octanol–water partition coefficient (Wildman–Crippen LogP) is 2.55. The molecule has 0 radical (unpaired) electrons. The Balaban J connectivity index is 2.26.